The van der Waals surface area contributed by atoms with Crippen LogP contribution in [0.4, 0.5) is 0 Å². The van der Waals surface area contributed by atoms with Crippen LogP contribution in [0.25, 0.3) is 6.08 Å². The Labute approximate surface area is 178 Å². The lowest BCUT2D eigenvalue weighted by Gasteiger charge is -2.21. The van der Waals surface area contributed by atoms with Crippen molar-refractivity contribution in [3.05, 3.63) is 64.5 Å². The van der Waals surface area contributed by atoms with E-state index < -0.39 is 12.1 Å². The number of aromatic nitrogens is 1. The molecule has 0 spiro atoms. The quantitative estimate of drug-likeness (QED) is 0.394. The van der Waals surface area contributed by atoms with Crippen molar-refractivity contribution in [2.45, 2.75) is 40.3 Å². The number of likely N-dealkylation sites (N-methyl/N-ethyl adjacent to an activating group) is 1. The van der Waals surface area contributed by atoms with Crippen LogP contribution in [0.3, 0.4) is 0 Å². The van der Waals surface area contributed by atoms with Crippen molar-refractivity contribution in [1.29, 1.82) is 5.26 Å². The zero-order chi connectivity index (χ0) is 22.4. The zero-order valence-corrected chi connectivity index (χ0v) is 18.5. The van der Waals surface area contributed by atoms with Gasteiger partial charge in [-0.1, -0.05) is 44.2 Å². The van der Waals surface area contributed by atoms with Crippen molar-refractivity contribution < 1.29 is 14.3 Å². The average Bonchev–Trinajstić information content (AvgIpc) is 2.97. The Bertz CT molecular complexity index is 979. The smallest absolute Gasteiger partial charge is 0.350 e. The van der Waals surface area contributed by atoms with E-state index >= 15 is 0 Å². The van der Waals surface area contributed by atoms with Crippen molar-refractivity contribution in [1.82, 2.24) is 9.47 Å². The molecule has 0 saturated heterocycles. The number of carbonyl (C=O) groups is 2. The largest absolute Gasteiger partial charge is 0.443 e. The van der Waals surface area contributed by atoms with Crippen LogP contribution in [0.2, 0.25) is 0 Å². The standard InChI is InChI=1S/C24H29N3O3/c1-16(2)15-27-17(3)12-20(18(27)4)13-21(14-25)24(29)30-22(23(28)26(5)6)19-10-8-7-9-11-19/h7-13,16,22H,15H2,1-6H3/b21-13+/t22-/m1/s1. The zero-order valence-electron chi connectivity index (χ0n) is 18.5. The number of rotatable bonds is 7. The van der Waals surface area contributed by atoms with Crippen LogP contribution in [0, 0.1) is 31.1 Å². The molecule has 0 aliphatic carbocycles. The van der Waals surface area contributed by atoms with Crippen LogP contribution in [0.15, 0.2) is 42.0 Å². The summed E-state index contributed by atoms with van der Waals surface area (Å²) in [6, 6.07) is 12.7. The molecule has 1 atom stereocenters. The molecule has 0 N–H and O–H groups in total. The first kappa shape index (κ1) is 23.0. The highest BCUT2D eigenvalue weighted by Crippen LogP contribution is 2.23. The second-order valence-electron chi connectivity index (χ2n) is 7.93. The summed E-state index contributed by atoms with van der Waals surface area (Å²) in [4.78, 5) is 26.7. The lowest BCUT2D eigenvalue weighted by Crippen LogP contribution is -2.31. The van der Waals surface area contributed by atoms with Gasteiger partial charge in [-0.3, -0.25) is 4.79 Å². The Morgan fingerprint density at radius 3 is 2.37 bits per heavy atom. The Kier molecular flexibility index (Phi) is 7.60. The van der Waals surface area contributed by atoms with Gasteiger partial charge >= 0.3 is 5.97 Å². The Morgan fingerprint density at radius 1 is 1.20 bits per heavy atom. The number of hydrogen-bond donors (Lipinski definition) is 0. The molecule has 0 aliphatic rings. The molecule has 1 heterocycles. The minimum Gasteiger partial charge on any atom is -0.443 e. The molecule has 1 aromatic heterocycles. The third-order valence-corrected chi connectivity index (χ3v) is 4.79. The van der Waals surface area contributed by atoms with Gasteiger partial charge in [0.15, 0.2) is 0 Å². The normalized spacial score (nSPS) is 12.4. The van der Waals surface area contributed by atoms with Crippen LogP contribution < -0.4 is 0 Å². The number of carbonyl (C=O) groups excluding carboxylic acids is 2. The predicted molar refractivity (Wildman–Crippen MR) is 116 cm³/mol. The van der Waals surface area contributed by atoms with Gasteiger partial charge in [-0.15, -0.1) is 0 Å². The van der Waals surface area contributed by atoms with E-state index in [0.717, 1.165) is 23.5 Å². The first-order valence-electron chi connectivity index (χ1n) is 9.91. The van der Waals surface area contributed by atoms with Crippen LogP contribution >= 0.6 is 0 Å². The number of nitriles is 1. The SMILES string of the molecule is Cc1cc(/C=C(\C#N)C(=O)O[C@@H](C(=O)N(C)C)c2ccccc2)c(C)n1CC(C)C. The van der Waals surface area contributed by atoms with Crippen LogP contribution in [-0.4, -0.2) is 35.4 Å². The summed E-state index contributed by atoms with van der Waals surface area (Å²) >= 11 is 0. The molecule has 2 aromatic rings. The lowest BCUT2D eigenvalue weighted by atomic mass is 10.1. The highest BCUT2D eigenvalue weighted by Gasteiger charge is 2.28. The third-order valence-electron chi connectivity index (χ3n) is 4.79. The van der Waals surface area contributed by atoms with E-state index in [-0.39, 0.29) is 11.5 Å². The molecule has 6 nitrogen and oxygen atoms in total. The fourth-order valence-corrected chi connectivity index (χ4v) is 3.21. The fraction of sp³-hybridized carbons (Fsp3) is 0.375. The Balaban J connectivity index is 2.35. The topological polar surface area (TPSA) is 75.3 Å². The average molecular weight is 408 g/mol. The van der Waals surface area contributed by atoms with Crippen molar-refractivity contribution in [2.75, 3.05) is 14.1 Å². The van der Waals surface area contributed by atoms with Gasteiger partial charge in [-0.2, -0.15) is 5.26 Å². The maximum atomic E-state index is 12.8. The fourth-order valence-electron chi connectivity index (χ4n) is 3.21. The lowest BCUT2D eigenvalue weighted by molar-refractivity contribution is -0.156. The number of benzene rings is 1. The van der Waals surface area contributed by atoms with E-state index in [1.54, 1.807) is 38.4 Å². The van der Waals surface area contributed by atoms with Gasteiger partial charge in [0.05, 0.1) is 0 Å². The number of ether oxygens (including phenoxy) is 1. The molecule has 158 valence electrons. The van der Waals surface area contributed by atoms with Crippen molar-refractivity contribution in [3.63, 3.8) is 0 Å². The Hall–Kier alpha value is -3.33. The van der Waals surface area contributed by atoms with Crippen LogP contribution in [0.1, 0.15) is 42.5 Å². The molecule has 0 saturated carbocycles. The molecule has 0 aliphatic heterocycles. The number of nitrogens with zero attached hydrogens (tertiary/aromatic N) is 3. The number of aryl methyl sites for hydroxylation is 1. The van der Waals surface area contributed by atoms with Gasteiger partial charge in [-0.05, 0) is 37.5 Å². The molecule has 6 heteroatoms. The summed E-state index contributed by atoms with van der Waals surface area (Å²) in [6.45, 7) is 9.09. The molecule has 0 bridgehead atoms. The third kappa shape index (κ3) is 5.38. The van der Waals surface area contributed by atoms with Gasteiger partial charge in [0.1, 0.15) is 11.6 Å². The molecule has 1 aromatic carbocycles. The van der Waals surface area contributed by atoms with Crippen molar-refractivity contribution in [2.24, 2.45) is 5.92 Å². The highest BCUT2D eigenvalue weighted by molar-refractivity contribution is 5.99. The maximum Gasteiger partial charge on any atom is 0.350 e. The number of hydrogen-bond acceptors (Lipinski definition) is 4. The molecule has 1 amide bonds. The van der Waals surface area contributed by atoms with E-state index in [4.69, 9.17) is 4.74 Å². The molecular formula is C24H29N3O3. The van der Waals surface area contributed by atoms with E-state index in [1.807, 2.05) is 32.0 Å². The summed E-state index contributed by atoms with van der Waals surface area (Å²) in [6.07, 6.45) is 0.419. The highest BCUT2D eigenvalue weighted by atomic mass is 16.5. The van der Waals surface area contributed by atoms with Crippen molar-refractivity contribution >= 4 is 18.0 Å². The molecule has 0 unspecified atom stereocenters. The van der Waals surface area contributed by atoms with Gasteiger partial charge in [-0.25, -0.2) is 4.79 Å². The van der Waals surface area contributed by atoms with Gasteiger partial charge in [0.25, 0.3) is 5.91 Å². The molecular weight excluding hydrogens is 378 g/mol. The summed E-state index contributed by atoms with van der Waals surface area (Å²) in [7, 11) is 3.19. The Morgan fingerprint density at radius 2 is 1.83 bits per heavy atom. The van der Waals surface area contributed by atoms with Crippen LogP contribution in [0.5, 0.6) is 0 Å². The summed E-state index contributed by atoms with van der Waals surface area (Å²) in [5.41, 5.74) is 3.23. The molecule has 2 rings (SSSR count). The summed E-state index contributed by atoms with van der Waals surface area (Å²) in [5, 5.41) is 9.58. The molecule has 0 radical (unpaired) electrons. The van der Waals surface area contributed by atoms with Crippen molar-refractivity contribution in [3.8, 4) is 6.07 Å². The summed E-state index contributed by atoms with van der Waals surface area (Å²) < 4.78 is 7.66. The minimum absolute atomic E-state index is 0.146. The van der Waals surface area contributed by atoms with Gasteiger partial charge in [0.2, 0.25) is 6.10 Å². The van der Waals surface area contributed by atoms with Gasteiger partial charge in [0, 0.05) is 37.6 Å². The minimum atomic E-state index is -1.11. The monoisotopic (exact) mass is 407 g/mol. The van der Waals surface area contributed by atoms with E-state index in [2.05, 4.69) is 18.4 Å². The second-order valence-corrected chi connectivity index (χ2v) is 7.93. The second kappa shape index (κ2) is 9.93. The number of esters is 1. The number of amides is 1. The van der Waals surface area contributed by atoms with Crippen LogP contribution in [-0.2, 0) is 20.9 Å². The first-order valence-corrected chi connectivity index (χ1v) is 9.91. The summed E-state index contributed by atoms with van der Waals surface area (Å²) in [5.74, 6) is -0.729. The first-order chi connectivity index (χ1) is 14.1. The van der Waals surface area contributed by atoms with Gasteiger partial charge < -0.3 is 14.2 Å². The predicted octanol–water partition coefficient (Wildman–Crippen LogP) is 4.04. The molecule has 0 fully saturated rings. The van der Waals surface area contributed by atoms with E-state index in [1.165, 1.54) is 11.0 Å². The van der Waals surface area contributed by atoms with E-state index in [9.17, 15) is 14.9 Å². The molecule has 30 heavy (non-hydrogen) atoms. The van der Waals surface area contributed by atoms with E-state index in [0.29, 0.717) is 11.5 Å². The maximum absolute atomic E-state index is 12.8.